The molecule has 0 spiro atoms. The van der Waals surface area contributed by atoms with E-state index in [1.54, 1.807) is 18.2 Å². The van der Waals surface area contributed by atoms with E-state index < -0.39 is 12.8 Å². The van der Waals surface area contributed by atoms with Crippen molar-refractivity contribution in [3.8, 4) is 5.75 Å². The number of ether oxygens (including phenoxy) is 1. The molecule has 0 saturated carbocycles. The molecular weight excluding hydrogens is 233 g/mol. The lowest BCUT2D eigenvalue weighted by atomic mass is 10.2. The van der Waals surface area contributed by atoms with Crippen molar-refractivity contribution < 1.29 is 17.9 Å². The van der Waals surface area contributed by atoms with Crippen LogP contribution >= 0.6 is 0 Å². The lowest BCUT2D eigenvalue weighted by Gasteiger charge is -2.11. The number of anilines is 1. The summed E-state index contributed by atoms with van der Waals surface area (Å²) >= 11 is 0. The van der Waals surface area contributed by atoms with Crippen molar-refractivity contribution in [3.63, 3.8) is 0 Å². The van der Waals surface area contributed by atoms with Crippen LogP contribution in [0.4, 0.5) is 18.9 Å². The molecule has 17 heavy (non-hydrogen) atoms. The van der Waals surface area contributed by atoms with Crippen LogP contribution in [-0.2, 0) is 0 Å². The van der Waals surface area contributed by atoms with Crippen molar-refractivity contribution in [2.75, 3.05) is 12.3 Å². The minimum Gasteiger partial charge on any atom is -0.483 e. The number of benzene rings is 1. The zero-order valence-electron chi connectivity index (χ0n) is 8.66. The highest BCUT2D eigenvalue weighted by molar-refractivity contribution is 5.93. The van der Waals surface area contributed by atoms with Gasteiger partial charge in [-0.15, -0.1) is 0 Å². The van der Waals surface area contributed by atoms with E-state index in [2.05, 4.69) is 4.98 Å². The van der Waals surface area contributed by atoms with E-state index >= 15 is 0 Å². The molecule has 0 unspecified atom stereocenters. The Bertz CT molecular complexity index is 540. The van der Waals surface area contributed by atoms with Crippen LogP contribution in [0, 0.1) is 0 Å². The molecule has 1 aromatic carbocycles. The maximum absolute atomic E-state index is 12.1. The summed E-state index contributed by atoms with van der Waals surface area (Å²) in [6.45, 7) is -1.33. The number of aromatic nitrogens is 1. The van der Waals surface area contributed by atoms with Crippen LogP contribution in [0.2, 0.25) is 0 Å². The van der Waals surface area contributed by atoms with Gasteiger partial charge >= 0.3 is 6.18 Å². The van der Waals surface area contributed by atoms with Crippen LogP contribution in [0.1, 0.15) is 0 Å². The fraction of sp³-hybridized carbons (Fsp3) is 0.182. The van der Waals surface area contributed by atoms with Gasteiger partial charge in [0.2, 0.25) is 0 Å². The minimum absolute atomic E-state index is 0.125. The van der Waals surface area contributed by atoms with E-state index in [0.29, 0.717) is 16.6 Å². The fourth-order valence-electron chi connectivity index (χ4n) is 1.46. The van der Waals surface area contributed by atoms with E-state index in [4.69, 9.17) is 10.5 Å². The van der Waals surface area contributed by atoms with Gasteiger partial charge in [-0.2, -0.15) is 13.2 Å². The van der Waals surface area contributed by atoms with Gasteiger partial charge in [0.25, 0.3) is 0 Å². The summed E-state index contributed by atoms with van der Waals surface area (Å²) in [5, 5.41) is 0.469. The maximum Gasteiger partial charge on any atom is 0.422 e. The third kappa shape index (κ3) is 2.58. The summed E-state index contributed by atoms with van der Waals surface area (Å²) in [7, 11) is 0. The van der Waals surface area contributed by atoms with Gasteiger partial charge in [-0.05, 0) is 18.2 Å². The molecule has 2 rings (SSSR count). The Morgan fingerprint density at radius 1 is 1.24 bits per heavy atom. The average molecular weight is 242 g/mol. The molecule has 0 saturated heterocycles. The maximum atomic E-state index is 12.1. The Morgan fingerprint density at radius 3 is 2.71 bits per heavy atom. The van der Waals surface area contributed by atoms with E-state index in [0.717, 1.165) is 0 Å². The van der Waals surface area contributed by atoms with Crippen molar-refractivity contribution in [1.29, 1.82) is 0 Å². The topological polar surface area (TPSA) is 48.1 Å². The summed E-state index contributed by atoms with van der Waals surface area (Å²) in [5.41, 5.74) is 6.51. The number of hydrogen-bond acceptors (Lipinski definition) is 3. The Hall–Kier alpha value is -1.98. The summed E-state index contributed by atoms with van der Waals surface area (Å²) in [5.74, 6) is 0.125. The quantitative estimate of drug-likeness (QED) is 0.824. The zero-order valence-corrected chi connectivity index (χ0v) is 8.66. The average Bonchev–Trinajstić information content (AvgIpc) is 2.26. The first-order valence-electron chi connectivity index (χ1n) is 4.80. The smallest absolute Gasteiger partial charge is 0.422 e. The minimum atomic E-state index is -4.37. The van der Waals surface area contributed by atoms with Crippen molar-refractivity contribution in [2.24, 2.45) is 0 Å². The molecule has 0 atom stereocenters. The number of fused-ring (bicyclic) bond motifs is 1. The third-order valence-electron chi connectivity index (χ3n) is 2.15. The summed E-state index contributed by atoms with van der Waals surface area (Å²) < 4.78 is 40.9. The third-order valence-corrected chi connectivity index (χ3v) is 2.15. The highest BCUT2D eigenvalue weighted by atomic mass is 19.4. The number of nitrogens with two attached hydrogens (primary N) is 1. The van der Waals surface area contributed by atoms with Crippen molar-refractivity contribution in [1.82, 2.24) is 4.98 Å². The van der Waals surface area contributed by atoms with Crippen molar-refractivity contribution in [2.45, 2.75) is 6.18 Å². The lowest BCUT2D eigenvalue weighted by Crippen LogP contribution is -2.19. The molecule has 0 bridgehead atoms. The molecule has 2 aromatic rings. The molecule has 0 amide bonds. The standard InChI is InChI=1S/C11H9F3N2O/c12-11(13,14)6-17-9-4-5-16-10-7(9)2-1-3-8(10)15/h1-5H,6,15H2. The van der Waals surface area contributed by atoms with Gasteiger partial charge in [-0.3, -0.25) is 4.98 Å². The van der Waals surface area contributed by atoms with Crippen LogP contribution in [0.15, 0.2) is 30.5 Å². The number of halogens is 3. The second-order valence-electron chi connectivity index (χ2n) is 3.46. The largest absolute Gasteiger partial charge is 0.483 e. The summed E-state index contributed by atoms with van der Waals surface area (Å²) in [4.78, 5) is 4.00. The van der Waals surface area contributed by atoms with Crippen LogP contribution in [0.3, 0.4) is 0 Å². The highest BCUT2D eigenvalue weighted by Gasteiger charge is 2.28. The second kappa shape index (κ2) is 4.12. The Balaban J connectivity index is 2.38. The van der Waals surface area contributed by atoms with Gasteiger partial charge in [-0.25, -0.2) is 0 Å². The number of alkyl halides is 3. The molecule has 1 aromatic heterocycles. The normalized spacial score (nSPS) is 11.7. The van der Waals surface area contributed by atoms with Gasteiger partial charge in [-0.1, -0.05) is 6.07 Å². The number of para-hydroxylation sites is 1. The number of nitrogen functional groups attached to an aromatic ring is 1. The number of nitrogens with zero attached hydrogens (tertiary/aromatic N) is 1. The molecule has 0 aliphatic carbocycles. The highest BCUT2D eigenvalue weighted by Crippen LogP contribution is 2.28. The first kappa shape index (κ1) is 11.5. The van der Waals surface area contributed by atoms with Crippen molar-refractivity contribution >= 4 is 16.6 Å². The fourth-order valence-corrected chi connectivity index (χ4v) is 1.46. The monoisotopic (exact) mass is 242 g/mol. The number of hydrogen-bond donors (Lipinski definition) is 1. The van der Waals surface area contributed by atoms with Crippen LogP contribution in [0.5, 0.6) is 5.75 Å². The van der Waals surface area contributed by atoms with Crippen LogP contribution in [0.25, 0.3) is 10.9 Å². The van der Waals surface area contributed by atoms with E-state index in [-0.39, 0.29) is 5.75 Å². The molecule has 2 N–H and O–H groups in total. The molecule has 0 aliphatic heterocycles. The van der Waals surface area contributed by atoms with Crippen LogP contribution < -0.4 is 10.5 Å². The predicted octanol–water partition coefficient (Wildman–Crippen LogP) is 2.76. The molecule has 0 aliphatic rings. The summed E-state index contributed by atoms with van der Waals surface area (Å²) in [6.07, 6.45) is -3.00. The lowest BCUT2D eigenvalue weighted by molar-refractivity contribution is -0.153. The van der Waals surface area contributed by atoms with Crippen molar-refractivity contribution in [3.05, 3.63) is 30.5 Å². The summed E-state index contributed by atoms with van der Waals surface area (Å²) in [6, 6.07) is 6.26. The molecule has 90 valence electrons. The Morgan fingerprint density at radius 2 is 2.00 bits per heavy atom. The predicted molar refractivity (Wildman–Crippen MR) is 57.7 cm³/mol. The molecule has 1 heterocycles. The van der Waals surface area contributed by atoms with E-state index in [1.807, 2.05) is 0 Å². The van der Waals surface area contributed by atoms with Gasteiger partial charge in [0, 0.05) is 11.6 Å². The second-order valence-corrected chi connectivity index (χ2v) is 3.46. The van der Waals surface area contributed by atoms with Gasteiger partial charge in [0.1, 0.15) is 5.75 Å². The first-order chi connectivity index (χ1) is 7.97. The molecule has 0 fully saturated rings. The Labute approximate surface area is 95.0 Å². The first-order valence-corrected chi connectivity index (χ1v) is 4.80. The number of pyridine rings is 1. The van der Waals surface area contributed by atoms with Gasteiger partial charge < -0.3 is 10.5 Å². The molecule has 6 heteroatoms. The van der Waals surface area contributed by atoms with Gasteiger partial charge in [0.05, 0.1) is 11.2 Å². The zero-order chi connectivity index (χ0) is 12.5. The van der Waals surface area contributed by atoms with Crippen LogP contribution in [-0.4, -0.2) is 17.8 Å². The van der Waals surface area contributed by atoms with E-state index in [1.165, 1.54) is 12.3 Å². The SMILES string of the molecule is Nc1cccc2c(OCC(F)(F)F)ccnc12. The number of rotatable bonds is 2. The van der Waals surface area contributed by atoms with Gasteiger partial charge in [0.15, 0.2) is 6.61 Å². The Kier molecular flexibility index (Phi) is 2.79. The van der Waals surface area contributed by atoms with E-state index in [9.17, 15) is 13.2 Å². The molecule has 0 radical (unpaired) electrons. The molecule has 3 nitrogen and oxygen atoms in total. The molecular formula is C11H9F3N2O.